The highest BCUT2D eigenvalue weighted by molar-refractivity contribution is 5.87. The van der Waals surface area contributed by atoms with Crippen LogP contribution >= 0.6 is 0 Å². The molecule has 1 aromatic heterocycles. The van der Waals surface area contributed by atoms with Gasteiger partial charge < -0.3 is 25.1 Å². The van der Waals surface area contributed by atoms with Crippen molar-refractivity contribution in [2.24, 2.45) is 0 Å². The van der Waals surface area contributed by atoms with Crippen LogP contribution in [0.4, 0.5) is 4.79 Å². The van der Waals surface area contributed by atoms with Gasteiger partial charge in [-0.05, 0) is 11.1 Å². The number of nitrogens with one attached hydrogen (secondary N) is 3. The number of benzene rings is 2. The summed E-state index contributed by atoms with van der Waals surface area (Å²) in [6.45, 7) is 0.0864. The number of aromatic amines is 1. The molecule has 0 spiro atoms. The number of carbonyl (C=O) groups excluding carboxylic acids is 3. The van der Waals surface area contributed by atoms with E-state index >= 15 is 0 Å². The molecule has 0 aliphatic carbocycles. The van der Waals surface area contributed by atoms with E-state index in [1.54, 1.807) is 6.20 Å². The van der Waals surface area contributed by atoms with Crippen molar-refractivity contribution in [1.29, 1.82) is 0 Å². The van der Waals surface area contributed by atoms with Gasteiger partial charge in [-0.15, -0.1) is 0 Å². The summed E-state index contributed by atoms with van der Waals surface area (Å²) in [4.78, 5) is 43.5. The molecule has 0 aliphatic heterocycles. The van der Waals surface area contributed by atoms with Gasteiger partial charge in [-0.25, -0.2) is 9.78 Å². The van der Waals surface area contributed by atoms with Crippen molar-refractivity contribution in [3.8, 4) is 0 Å². The lowest BCUT2D eigenvalue weighted by molar-refractivity contribution is -0.125. The number of imidazole rings is 1. The van der Waals surface area contributed by atoms with Crippen molar-refractivity contribution in [2.75, 3.05) is 0 Å². The van der Waals surface area contributed by atoms with E-state index in [2.05, 4.69) is 20.6 Å². The standard InChI is InChI=1S/C23H24N4O4/c28-14-20(12-19-13-24-16-25-19)26-22(29)21(11-17-7-3-1-4-8-17)27-23(30)31-15-18-9-5-2-6-10-18/h1-10,13-14,16,20-21H,11-12,15H2,(H,24,25)(H,26,29)(H,27,30). The molecule has 0 fully saturated rings. The van der Waals surface area contributed by atoms with Crippen LogP contribution < -0.4 is 10.6 Å². The molecule has 1 heterocycles. The first-order chi connectivity index (χ1) is 15.1. The number of aldehydes is 1. The Balaban J connectivity index is 1.63. The van der Waals surface area contributed by atoms with Crippen molar-refractivity contribution in [1.82, 2.24) is 20.6 Å². The zero-order valence-corrected chi connectivity index (χ0v) is 16.9. The molecule has 0 saturated carbocycles. The summed E-state index contributed by atoms with van der Waals surface area (Å²) in [5, 5.41) is 5.29. The molecule has 0 saturated heterocycles. The number of aromatic nitrogens is 2. The monoisotopic (exact) mass is 420 g/mol. The number of ether oxygens (including phenoxy) is 1. The van der Waals surface area contributed by atoms with Crippen LogP contribution in [0.5, 0.6) is 0 Å². The highest BCUT2D eigenvalue weighted by Gasteiger charge is 2.24. The summed E-state index contributed by atoms with van der Waals surface area (Å²) < 4.78 is 5.25. The van der Waals surface area contributed by atoms with Crippen molar-refractivity contribution < 1.29 is 19.1 Å². The third-order valence-electron chi connectivity index (χ3n) is 4.59. The van der Waals surface area contributed by atoms with E-state index in [1.165, 1.54) is 6.33 Å². The predicted molar refractivity (Wildman–Crippen MR) is 114 cm³/mol. The molecular formula is C23H24N4O4. The van der Waals surface area contributed by atoms with Crippen LogP contribution in [0.25, 0.3) is 0 Å². The first-order valence-electron chi connectivity index (χ1n) is 9.88. The quantitative estimate of drug-likeness (QED) is 0.435. The lowest BCUT2D eigenvalue weighted by Gasteiger charge is -2.21. The minimum atomic E-state index is -0.908. The van der Waals surface area contributed by atoms with Crippen LogP contribution in [-0.2, 0) is 33.8 Å². The van der Waals surface area contributed by atoms with Crippen molar-refractivity contribution in [3.63, 3.8) is 0 Å². The van der Waals surface area contributed by atoms with Gasteiger partial charge in [-0.2, -0.15) is 0 Å². The Labute approximate surface area is 180 Å². The number of hydrogen-bond donors (Lipinski definition) is 3. The smallest absolute Gasteiger partial charge is 0.408 e. The van der Waals surface area contributed by atoms with E-state index in [0.717, 1.165) is 11.1 Å². The average Bonchev–Trinajstić information content (AvgIpc) is 3.31. The number of amides is 2. The average molecular weight is 420 g/mol. The third-order valence-corrected chi connectivity index (χ3v) is 4.59. The second-order valence-corrected chi connectivity index (χ2v) is 6.98. The lowest BCUT2D eigenvalue weighted by atomic mass is 10.0. The molecule has 2 amide bonds. The Hall–Kier alpha value is -3.94. The number of hydrogen-bond acceptors (Lipinski definition) is 5. The number of rotatable bonds is 10. The van der Waals surface area contributed by atoms with Gasteiger partial charge in [-0.1, -0.05) is 60.7 Å². The highest BCUT2D eigenvalue weighted by atomic mass is 16.5. The maximum absolute atomic E-state index is 12.9. The van der Waals surface area contributed by atoms with Crippen LogP contribution in [0.1, 0.15) is 16.8 Å². The summed E-state index contributed by atoms with van der Waals surface area (Å²) >= 11 is 0. The second-order valence-electron chi connectivity index (χ2n) is 6.98. The van der Waals surface area contributed by atoms with E-state index in [0.29, 0.717) is 12.0 Å². The Bertz CT molecular complexity index is 962. The second kappa shape index (κ2) is 11.3. The lowest BCUT2D eigenvalue weighted by Crippen LogP contribution is -2.51. The Kier molecular flexibility index (Phi) is 7.93. The number of carbonyl (C=O) groups is 3. The fraction of sp³-hybridized carbons (Fsp3) is 0.217. The minimum Gasteiger partial charge on any atom is -0.445 e. The van der Waals surface area contributed by atoms with Gasteiger partial charge >= 0.3 is 6.09 Å². The molecule has 3 rings (SSSR count). The Morgan fingerprint density at radius 3 is 2.26 bits per heavy atom. The van der Waals surface area contributed by atoms with Crippen LogP contribution in [0.2, 0.25) is 0 Å². The number of alkyl carbamates (subject to hydrolysis) is 1. The zero-order valence-electron chi connectivity index (χ0n) is 16.9. The normalized spacial score (nSPS) is 12.4. The van der Waals surface area contributed by atoms with E-state index < -0.39 is 24.1 Å². The molecule has 2 unspecified atom stereocenters. The summed E-state index contributed by atoms with van der Waals surface area (Å²) in [6, 6.07) is 16.9. The Morgan fingerprint density at radius 2 is 1.65 bits per heavy atom. The first kappa shape index (κ1) is 21.8. The summed E-state index contributed by atoms with van der Waals surface area (Å²) in [5.74, 6) is -0.475. The summed E-state index contributed by atoms with van der Waals surface area (Å²) in [5.41, 5.74) is 2.41. The summed E-state index contributed by atoms with van der Waals surface area (Å²) in [6.07, 6.45) is 3.56. The van der Waals surface area contributed by atoms with E-state index in [1.807, 2.05) is 60.7 Å². The van der Waals surface area contributed by atoms with Crippen LogP contribution in [0.15, 0.2) is 73.2 Å². The van der Waals surface area contributed by atoms with Crippen molar-refractivity contribution >= 4 is 18.3 Å². The van der Waals surface area contributed by atoms with Gasteiger partial charge in [0, 0.05) is 24.7 Å². The highest BCUT2D eigenvalue weighted by Crippen LogP contribution is 2.06. The summed E-state index contributed by atoms with van der Waals surface area (Å²) in [7, 11) is 0. The fourth-order valence-electron chi connectivity index (χ4n) is 3.02. The van der Waals surface area contributed by atoms with Crippen molar-refractivity contribution in [3.05, 3.63) is 90.0 Å². The first-order valence-corrected chi connectivity index (χ1v) is 9.88. The number of H-pyrrole nitrogens is 1. The van der Waals surface area contributed by atoms with Crippen LogP contribution in [0, 0.1) is 0 Å². The molecule has 0 radical (unpaired) electrons. The van der Waals surface area contributed by atoms with Gasteiger partial charge in [0.05, 0.1) is 12.4 Å². The van der Waals surface area contributed by atoms with Gasteiger partial charge in [0.2, 0.25) is 5.91 Å². The minimum absolute atomic E-state index is 0.0864. The van der Waals surface area contributed by atoms with E-state index in [9.17, 15) is 14.4 Å². The fourth-order valence-corrected chi connectivity index (χ4v) is 3.02. The molecular weight excluding hydrogens is 396 g/mol. The predicted octanol–water partition coefficient (Wildman–Crippen LogP) is 2.17. The molecule has 0 bridgehead atoms. The Morgan fingerprint density at radius 1 is 0.968 bits per heavy atom. The molecule has 2 atom stereocenters. The molecule has 0 aliphatic rings. The zero-order chi connectivity index (χ0) is 21.9. The molecule has 31 heavy (non-hydrogen) atoms. The molecule has 3 N–H and O–H groups in total. The third kappa shape index (κ3) is 7.11. The SMILES string of the molecule is O=CC(Cc1cnc[nH]1)NC(=O)C(Cc1ccccc1)NC(=O)OCc1ccccc1. The van der Waals surface area contributed by atoms with E-state index in [-0.39, 0.29) is 19.4 Å². The van der Waals surface area contributed by atoms with Crippen LogP contribution in [-0.4, -0.2) is 40.3 Å². The van der Waals surface area contributed by atoms with Gasteiger partial charge in [0.1, 0.15) is 18.9 Å². The molecule has 3 aromatic rings. The molecule has 8 nitrogen and oxygen atoms in total. The maximum atomic E-state index is 12.9. The molecule has 160 valence electrons. The topological polar surface area (TPSA) is 113 Å². The largest absolute Gasteiger partial charge is 0.445 e. The maximum Gasteiger partial charge on any atom is 0.408 e. The number of nitrogens with zero attached hydrogens (tertiary/aromatic N) is 1. The van der Waals surface area contributed by atoms with Crippen molar-refractivity contribution in [2.45, 2.75) is 31.5 Å². The molecule has 8 heteroatoms. The van der Waals surface area contributed by atoms with Gasteiger partial charge in [-0.3, -0.25) is 4.79 Å². The van der Waals surface area contributed by atoms with Gasteiger partial charge in [0.25, 0.3) is 0 Å². The van der Waals surface area contributed by atoms with Gasteiger partial charge in [0.15, 0.2) is 0 Å². The molecule has 2 aromatic carbocycles. The van der Waals surface area contributed by atoms with E-state index in [4.69, 9.17) is 4.74 Å². The van der Waals surface area contributed by atoms with Crippen LogP contribution in [0.3, 0.4) is 0 Å².